The molecular formula is C13H18ClN3O. The molecule has 0 unspecified atom stereocenters. The normalized spacial score (nSPS) is 10.4. The third kappa shape index (κ3) is 4.08. The van der Waals surface area contributed by atoms with Crippen LogP contribution in [0.4, 0.5) is 5.69 Å². The van der Waals surface area contributed by atoms with Gasteiger partial charge in [-0.25, -0.2) is 4.68 Å². The largest absolute Gasteiger partial charge is 0.382 e. The van der Waals surface area contributed by atoms with Gasteiger partial charge in [0.05, 0.1) is 11.9 Å². The van der Waals surface area contributed by atoms with Crippen molar-refractivity contribution in [1.29, 1.82) is 0 Å². The monoisotopic (exact) mass is 267 g/mol. The molecule has 0 spiro atoms. The van der Waals surface area contributed by atoms with Gasteiger partial charge in [-0.1, -0.05) is 25.4 Å². The molecule has 1 N–H and O–H groups in total. The van der Waals surface area contributed by atoms with Crippen molar-refractivity contribution in [3.8, 4) is 12.3 Å². The maximum absolute atomic E-state index is 11.9. The van der Waals surface area contributed by atoms with E-state index in [0.717, 1.165) is 6.42 Å². The second-order valence-electron chi connectivity index (χ2n) is 4.49. The zero-order valence-corrected chi connectivity index (χ0v) is 11.5. The van der Waals surface area contributed by atoms with Crippen LogP contribution < -0.4 is 10.9 Å². The van der Waals surface area contributed by atoms with Gasteiger partial charge < -0.3 is 5.32 Å². The van der Waals surface area contributed by atoms with Crippen LogP contribution in [0.15, 0.2) is 11.0 Å². The first-order chi connectivity index (χ1) is 8.56. The second kappa shape index (κ2) is 7.07. The summed E-state index contributed by atoms with van der Waals surface area (Å²) in [5.74, 6) is 2.90. The molecule has 1 rings (SSSR count). The lowest BCUT2D eigenvalue weighted by Crippen LogP contribution is -2.26. The topological polar surface area (TPSA) is 46.9 Å². The van der Waals surface area contributed by atoms with E-state index in [-0.39, 0.29) is 10.6 Å². The summed E-state index contributed by atoms with van der Waals surface area (Å²) in [5.41, 5.74) is 0.311. The number of terminal acetylenes is 1. The highest BCUT2D eigenvalue weighted by Gasteiger charge is 2.09. The SMILES string of the molecule is C#CCCCNc1cnn(CC(C)C)c(=O)c1Cl. The Morgan fingerprint density at radius 1 is 1.61 bits per heavy atom. The Morgan fingerprint density at radius 3 is 2.94 bits per heavy atom. The Kier molecular flexibility index (Phi) is 5.73. The Labute approximate surface area is 112 Å². The molecule has 0 bridgehead atoms. The Bertz CT molecular complexity index is 488. The van der Waals surface area contributed by atoms with Crippen LogP contribution in [0.5, 0.6) is 0 Å². The first-order valence-electron chi connectivity index (χ1n) is 5.99. The number of halogens is 1. The highest BCUT2D eigenvalue weighted by Crippen LogP contribution is 2.15. The van der Waals surface area contributed by atoms with Gasteiger partial charge in [0, 0.05) is 19.5 Å². The van der Waals surface area contributed by atoms with E-state index < -0.39 is 0 Å². The highest BCUT2D eigenvalue weighted by atomic mass is 35.5. The fraction of sp³-hybridized carbons (Fsp3) is 0.538. The summed E-state index contributed by atoms with van der Waals surface area (Å²) in [6.45, 7) is 5.29. The summed E-state index contributed by atoms with van der Waals surface area (Å²) in [5, 5.41) is 7.35. The van der Waals surface area contributed by atoms with Crippen molar-refractivity contribution in [2.45, 2.75) is 33.2 Å². The van der Waals surface area contributed by atoms with Gasteiger partial charge in [0.15, 0.2) is 0 Å². The van der Waals surface area contributed by atoms with Gasteiger partial charge in [0.25, 0.3) is 5.56 Å². The lowest BCUT2D eigenvalue weighted by Gasteiger charge is -2.11. The number of rotatable bonds is 6. The fourth-order valence-electron chi connectivity index (χ4n) is 1.48. The van der Waals surface area contributed by atoms with E-state index in [1.54, 1.807) is 6.20 Å². The van der Waals surface area contributed by atoms with Crippen LogP contribution in [-0.4, -0.2) is 16.3 Å². The number of aromatic nitrogens is 2. The summed E-state index contributed by atoms with van der Waals surface area (Å²) in [6.07, 6.45) is 8.28. The average molecular weight is 268 g/mol. The van der Waals surface area contributed by atoms with E-state index in [9.17, 15) is 4.79 Å². The van der Waals surface area contributed by atoms with E-state index >= 15 is 0 Å². The van der Waals surface area contributed by atoms with Crippen molar-refractivity contribution in [3.63, 3.8) is 0 Å². The summed E-state index contributed by atoms with van der Waals surface area (Å²) >= 11 is 6.02. The Balaban J connectivity index is 2.75. The van der Waals surface area contributed by atoms with Crippen LogP contribution in [0.2, 0.25) is 5.02 Å². The van der Waals surface area contributed by atoms with E-state index in [0.29, 0.717) is 31.1 Å². The average Bonchev–Trinajstić information content (AvgIpc) is 2.32. The van der Waals surface area contributed by atoms with Gasteiger partial charge in [0.1, 0.15) is 5.02 Å². The molecule has 0 radical (unpaired) electrons. The van der Waals surface area contributed by atoms with Crippen molar-refractivity contribution < 1.29 is 0 Å². The molecule has 0 amide bonds. The second-order valence-corrected chi connectivity index (χ2v) is 4.87. The lowest BCUT2D eigenvalue weighted by atomic mass is 10.2. The third-order valence-corrected chi connectivity index (χ3v) is 2.70. The van der Waals surface area contributed by atoms with E-state index in [2.05, 4.69) is 16.3 Å². The standard InChI is InChI=1S/C13H18ClN3O/c1-4-5-6-7-15-11-8-16-17(9-10(2)3)13(18)12(11)14/h1,8,10,15H,5-7,9H2,2-3H3. The predicted molar refractivity (Wildman–Crippen MR) is 74.9 cm³/mol. The zero-order chi connectivity index (χ0) is 13.5. The highest BCUT2D eigenvalue weighted by molar-refractivity contribution is 6.32. The molecule has 0 saturated heterocycles. The molecule has 0 aromatic carbocycles. The molecule has 0 aliphatic heterocycles. The van der Waals surface area contributed by atoms with Crippen LogP contribution in [0.25, 0.3) is 0 Å². The minimum absolute atomic E-state index is 0.186. The van der Waals surface area contributed by atoms with Crippen LogP contribution in [0.1, 0.15) is 26.7 Å². The summed E-state index contributed by atoms with van der Waals surface area (Å²) in [7, 11) is 0. The molecule has 0 aliphatic carbocycles. The zero-order valence-electron chi connectivity index (χ0n) is 10.7. The Morgan fingerprint density at radius 2 is 2.33 bits per heavy atom. The summed E-state index contributed by atoms with van der Waals surface area (Å²) in [4.78, 5) is 11.9. The maximum Gasteiger partial charge on any atom is 0.287 e. The molecule has 0 saturated carbocycles. The van der Waals surface area contributed by atoms with Crippen molar-refractivity contribution in [3.05, 3.63) is 21.6 Å². The molecule has 5 heteroatoms. The molecule has 0 aliphatic rings. The smallest absolute Gasteiger partial charge is 0.287 e. The maximum atomic E-state index is 11.9. The van der Waals surface area contributed by atoms with E-state index in [1.165, 1.54) is 4.68 Å². The number of nitrogens with zero attached hydrogens (tertiary/aromatic N) is 2. The van der Waals surface area contributed by atoms with E-state index in [1.807, 2.05) is 13.8 Å². The van der Waals surface area contributed by atoms with Gasteiger partial charge in [-0.05, 0) is 12.3 Å². The van der Waals surface area contributed by atoms with Gasteiger partial charge in [-0.3, -0.25) is 4.79 Å². The molecule has 0 atom stereocenters. The lowest BCUT2D eigenvalue weighted by molar-refractivity contribution is 0.464. The minimum Gasteiger partial charge on any atom is -0.382 e. The molecule has 4 nitrogen and oxygen atoms in total. The number of hydrogen-bond donors (Lipinski definition) is 1. The Hall–Kier alpha value is -1.47. The van der Waals surface area contributed by atoms with Crippen LogP contribution in [0.3, 0.4) is 0 Å². The number of nitrogens with one attached hydrogen (secondary N) is 1. The van der Waals surface area contributed by atoms with Crippen molar-refractivity contribution in [1.82, 2.24) is 9.78 Å². The van der Waals surface area contributed by atoms with Gasteiger partial charge in [-0.2, -0.15) is 5.10 Å². The number of anilines is 1. The molecule has 1 heterocycles. The number of hydrogen-bond acceptors (Lipinski definition) is 3. The van der Waals surface area contributed by atoms with Gasteiger partial charge in [0.2, 0.25) is 0 Å². The fourth-order valence-corrected chi connectivity index (χ4v) is 1.69. The van der Waals surface area contributed by atoms with E-state index in [4.69, 9.17) is 18.0 Å². The summed E-state index contributed by atoms with van der Waals surface area (Å²) in [6, 6.07) is 0. The van der Waals surface area contributed by atoms with Crippen LogP contribution >= 0.6 is 11.6 Å². The molecule has 1 aromatic rings. The quantitative estimate of drug-likeness (QED) is 0.636. The predicted octanol–water partition coefficient (Wildman–Crippen LogP) is 2.38. The van der Waals surface area contributed by atoms with Crippen molar-refractivity contribution in [2.24, 2.45) is 5.92 Å². The molecule has 1 aromatic heterocycles. The summed E-state index contributed by atoms with van der Waals surface area (Å²) < 4.78 is 1.39. The number of unbranched alkanes of at least 4 members (excludes halogenated alkanes) is 1. The third-order valence-electron chi connectivity index (χ3n) is 2.34. The molecule has 0 fully saturated rings. The van der Waals surface area contributed by atoms with Crippen LogP contribution in [0, 0.1) is 18.3 Å². The first-order valence-corrected chi connectivity index (χ1v) is 6.37. The minimum atomic E-state index is -0.257. The van der Waals surface area contributed by atoms with Gasteiger partial charge in [-0.15, -0.1) is 12.3 Å². The van der Waals surface area contributed by atoms with Crippen LogP contribution in [-0.2, 0) is 6.54 Å². The van der Waals surface area contributed by atoms with Gasteiger partial charge >= 0.3 is 0 Å². The first kappa shape index (κ1) is 14.6. The van der Waals surface area contributed by atoms with Crippen molar-refractivity contribution >= 4 is 17.3 Å². The molecule has 98 valence electrons. The van der Waals surface area contributed by atoms with Crippen molar-refractivity contribution in [2.75, 3.05) is 11.9 Å². The molecule has 18 heavy (non-hydrogen) atoms. The molecular weight excluding hydrogens is 250 g/mol.